The highest BCUT2D eigenvalue weighted by molar-refractivity contribution is 5.73. The summed E-state index contributed by atoms with van der Waals surface area (Å²) in [5.41, 5.74) is 0.950. The Morgan fingerprint density at radius 3 is 2.32 bits per heavy atom. The third-order valence-electron chi connectivity index (χ3n) is 3.24. The number of carbonyl (C=O) groups is 1. The highest BCUT2D eigenvalue weighted by Gasteiger charge is 2.24. The van der Waals surface area contributed by atoms with E-state index >= 15 is 0 Å². The topological polar surface area (TPSA) is 44.8 Å². The van der Waals surface area contributed by atoms with Gasteiger partial charge in [0.1, 0.15) is 11.5 Å². The Bertz CT molecular complexity index is 426. The fourth-order valence-corrected chi connectivity index (χ4v) is 2.02. The van der Waals surface area contributed by atoms with Gasteiger partial charge in [-0.15, -0.1) is 0 Å². The number of benzene rings is 1. The van der Waals surface area contributed by atoms with E-state index in [2.05, 4.69) is 0 Å². The van der Waals surface area contributed by atoms with Crippen molar-refractivity contribution in [3.8, 4) is 11.5 Å². The first-order valence-corrected chi connectivity index (χ1v) is 6.32. The fourth-order valence-electron chi connectivity index (χ4n) is 2.02. The minimum absolute atomic E-state index is 0.189. The smallest absolute Gasteiger partial charge is 0.309 e. The lowest BCUT2D eigenvalue weighted by Crippen LogP contribution is -2.24. The Labute approximate surface area is 114 Å². The molecule has 0 fully saturated rings. The van der Waals surface area contributed by atoms with E-state index < -0.39 is 0 Å². The average molecular weight is 266 g/mol. The molecule has 0 aromatic heterocycles. The minimum Gasteiger partial charge on any atom is -0.497 e. The lowest BCUT2D eigenvalue weighted by molar-refractivity contribution is -0.146. The van der Waals surface area contributed by atoms with Crippen LogP contribution in [0.2, 0.25) is 0 Å². The summed E-state index contributed by atoms with van der Waals surface area (Å²) in [5.74, 6) is 1.33. The number of methoxy groups -OCH3 is 3. The second-order valence-corrected chi connectivity index (χ2v) is 4.76. The highest BCUT2D eigenvalue weighted by Crippen LogP contribution is 2.28. The van der Waals surface area contributed by atoms with Gasteiger partial charge in [-0.25, -0.2) is 0 Å². The fraction of sp³-hybridized carbons (Fsp3) is 0.533. The summed E-state index contributed by atoms with van der Waals surface area (Å²) < 4.78 is 15.4. The highest BCUT2D eigenvalue weighted by atomic mass is 16.5. The van der Waals surface area contributed by atoms with Crippen LogP contribution in [0.1, 0.15) is 19.4 Å². The summed E-state index contributed by atoms with van der Waals surface area (Å²) in [6.45, 7) is 4.02. The molecule has 0 saturated heterocycles. The van der Waals surface area contributed by atoms with Crippen LogP contribution < -0.4 is 9.47 Å². The number of hydrogen-bond acceptors (Lipinski definition) is 4. The van der Waals surface area contributed by atoms with E-state index in [1.807, 2.05) is 32.0 Å². The molecule has 1 aromatic carbocycles. The van der Waals surface area contributed by atoms with Crippen LogP contribution in [0.15, 0.2) is 18.2 Å². The van der Waals surface area contributed by atoms with Crippen molar-refractivity contribution >= 4 is 5.97 Å². The number of hydrogen-bond donors (Lipinski definition) is 0. The zero-order valence-corrected chi connectivity index (χ0v) is 12.2. The van der Waals surface area contributed by atoms with Gasteiger partial charge in [-0.1, -0.05) is 13.8 Å². The SMILES string of the molecule is COC(=O)C(Cc1cc(OC)ccc1OC)C(C)C. The second-order valence-electron chi connectivity index (χ2n) is 4.76. The molecule has 0 aliphatic heterocycles. The van der Waals surface area contributed by atoms with Gasteiger partial charge in [0.25, 0.3) is 0 Å². The van der Waals surface area contributed by atoms with Crippen LogP contribution in [-0.2, 0) is 16.0 Å². The van der Waals surface area contributed by atoms with Gasteiger partial charge in [-0.05, 0) is 36.1 Å². The molecule has 0 bridgehead atoms. The van der Waals surface area contributed by atoms with Gasteiger partial charge < -0.3 is 14.2 Å². The molecule has 0 aliphatic carbocycles. The maximum atomic E-state index is 11.8. The molecule has 1 atom stereocenters. The first kappa shape index (κ1) is 15.3. The van der Waals surface area contributed by atoms with Gasteiger partial charge in [-0.2, -0.15) is 0 Å². The Balaban J connectivity index is 3.03. The summed E-state index contributed by atoms with van der Waals surface area (Å²) >= 11 is 0. The number of rotatable bonds is 6. The zero-order valence-electron chi connectivity index (χ0n) is 12.2. The van der Waals surface area contributed by atoms with Crippen LogP contribution in [0.3, 0.4) is 0 Å². The molecule has 0 heterocycles. The van der Waals surface area contributed by atoms with E-state index in [0.717, 1.165) is 17.1 Å². The molecule has 4 nitrogen and oxygen atoms in total. The standard InChI is InChI=1S/C15H22O4/c1-10(2)13(15(16)19-5)9-11-8-12(17-3)6-7-14(11)18-4/h6-8,10,13H,9H2,1-5H3. The van der Waals surface area contributed by atoms with Crippen LogP contribution in [-0.4, -0.2) is 27.3 Å². The van der Waals surface area contributed by atoms with Gasteiger partial charge in [-0.3, -0.25) is 4.79 Å². The van der Waals surface area contributed by atoms with Crippen LogP contribution in [0, 0.1) is 11.8 Å². The monoisotopic (exact) mass is 266 g/mol. The lowest BCUT2D eigenvalue weighted by Gasteiger charge is -2.20. The Kier molecular flexibility index (Phi) is 5.67. The molecule has 1 unspecified atom stereocenters. The Hall–Kier alpha value is -1.71. The number of esters is 1. The Morgan fingerprint density at radius 2 is 1.84 bits per heavy atom. The molecule has 0 aliphatic rings. The summed E-state index contributed by atoms with van der Waals surface area (Å²) in [4.78, 5) is 11.8. The van der Waals surface area contributed by atoms with Crippen LogP contribution in [0.5, 0.6) is 11.5 Å². The molecule has 4 heteroatoms. The maximum absolute atomic E-state index is 11.8. The number of carbonyl (C=O) groups excluding carboxylic acids is 1. The van der Waals surface area contributed by atoms with Crippen LogP contribution in [0.4, 0.5) is 0 Å². The average Bonchev–Trinajstić information content (AvgIpc) is 2.43. The predicted octanol–water partition coefficient (Wildman–Crippen LogP) is 2.69. The van der Waals surface area contributed by atoms with Gasteiger partial charge >= 0.3 is 5.97 Å². The maximum Gasteiger partial charge on any atom is 0.309 e. The summed E-state index contributed by atoms with van der Waals surface area (Å²) in [6, 6.07) is 5.59. The normalized spacial score (nSPS) is 12.1. The van der Waals surface area contributed by atoms with Crippen LogP contribution in [0.25, 0.3) is 0 Å². The van der Waals surface area contributed by atoms with Crippen LogP contribution >= 0.6 is 0 Å². The molecule has 19 heavy (non-hydrogen) atoms. The van der Waals surface area contributed by atoms with Gasteiger partial charge in [0.05, 0.1) is 27.2 Å². The summed E-state index contributed by atoms with van der Waals surface area (Å²) in [7, 11) is 4.65. The number of ether oxygens (including phenoxy) is 3. The van der Waals surface area contributed by atoms with Gasteiger partial charge in [0.2, 0.25) is 0 Å². The third-order valence-corrected chi connectivity index (χ3v) is 3.24. The van der Waals surface area contributed by atoms with Crippen molar-refractivity contribution in [3.63, 3.8) is 0 Å². The summed E-state index contributed by atoms with van der Waals surface area (Å²) in [6.07, 6.45) is 0.574. The van der Waals surface area contributed by atoms with Crippen molar-refractivity contribution in [3.05, 3.63) is 23.8 Å². The molecule has 0 amide bonds. The molecule has 0 radical (unpaired) electrons. The molecule has 0 saturated carbocycles. The molecule has 1 rings (SSSR count). The predicted molar refractivity (Wildman–Crippen MR) is 73.6 cm³/mol. The van der Waals surface area contributed by atoms with Crippen molar-refractivity contribution in [2.45, 2.75) is 20.3 Å². The molecule has 0 spiro atoms. The van der Waals surface area contributed by atoms with Gasteiger partial charge in [0.15, 0.2) is 0 Å². The van der Waals surface area contributed by atoms with Crippen molar-refractivity contribution in [2.75, 3.05) is 21.3 Å². The van der Waals surface area contributed by atoms with Crippen molar-refractivity contribution in [2.24, 2.45) is 11.8 Å². The quantitative estimate of drug-likeness (QED) is 0.743. The van der Waals surface area contributed by atoms with Crippen molar-refractivity contribution < 1.29 is 19.0 Å². The minimum atomic E-state index is -0.195. The first-order valence-electron chi connectivity index (χ1n) is 6.32. The van der Waals surface area contributed by atoms with E-state index in [4.69, 9.17) is 14.2 Å². The van der Waals surface area contributed by atoms with E-state index in [9.17, 15) is 4.79 Å². The summed E-state index contributed by atoms with van der Waals surface area (Å²) in [5, 5.41) is 0. The molecular weight excluding hydrogens is 244 g/mol. The van der Waals surface area contributed by atoms with E-state index in [1.165, 1.54) is 7.11 Å². The van der Waals surface area contributed by atoms with Crippen molar-refractivity contribution in [1.82, 2.24) is 0 Å². The van der Waals surface area contributed by atoms with E-state index in [1.54, 1.807) is 14.2 Å². The van der Waals surface area contributed by atoms with Gasteiger partial charge in [0, 0.05) is 0 Å². The lowest BCUT2D eigenvalue weighted by atomic mass is 9.89. The molecular formula is C15H22O4. The van der Waals surface area contributed by atoms with E-state index in [-0.39, 0.29) is 17.8 Å². The largest absolute Gasteiger partial charge is 0.497 e. The molecule has 1 aromatic rings. The van der Waals surface area contributed by atoms with E-state index in [0.29, 0.717) is 6.42 Å². The molecule has 106 valence electrons. The third kappa shape index (κ3) is 3.88. The second kappa shape index (κ2) is 7.02. The molecule has 0 N–H and O–H groups in total. The zero-order chi connectivity index (χ0) is 14.4. The first-order chi connectivity index (χ1) is 9.03. The Morgan fingerprint density at radius 1 is 1.16 bits per heavy atom. The van der Waals surface area contributed by atoms with Crippen molar-refractivity contribution in [1.29, 1.82) is 0 Å².